The van der Waals surface area contributed by atoms with Crippen molar-refractivity contribution in [2.45, 2.75) is 19.3 Å². The highest BCUT2D eigenvalue weighted by atomic mass is 32.1. The first-order valence-electron chi connectivity index (χ1n) is 6.36. The van der Waals surface area contributed by atoms with Crippen molar-refractivity contribution < 1.29 is 4.79 Å². The molecule has 0 aliphatic carbocycles. The number of carbonyl (C=O) groups is 1. The molecule has 0 aromatic carbocycles. The van der Waals surface area contributed by atoms with E-state index in [1.807, 2.05) is 30.2 Å². The lowest BCUT2D eigenvalue weighted by molar-refractivity contribution is 0.0786. The highest BCUT2D eigenvalue weighted by Gasteiger charge is 2.28. The van der Waals surface area contributed by atoms with Crippen LogP contribution in [-0.2, 0) is 0 Å². The van der Waals surface area contributed by atoms with Gasteiger partial charge in [-0.05, 0) is 42.6 Å². The molecule has 2 aromatic rings. The lowest BCUT2D eigenvalue weighted by atomic mass is 10.0. The maximum Gasteiger partial charge on any atom is 0.273 e. The molecule has 2 aromatic heterocycles. The van der Waals surface area contributed by atoms with Crippen LogP contribution in [0.2, 0.25) is 0 Å². The van der Waals surface area contributed by atoms with Gasteiger partial charge in [0.05, 0.1) is 0 Å². The van der Waals surface area contributed by atoms with Gasteiger partial charge in [-0.1, -0.05) is 6.07 Å². The van der Waals surface area contributed by atoms with Gasteiger partial charge in [0.15, 0.2) is 0 Å². The summed E-state index contributed by atoms with van der Waals surface area (Å²) in [6.07, 6.45) is 4.67. The summed E-state index contributed by atoms with van der Waals surface area (Å²) in [5, 5.41) is 0. The standard InChI is InChI=1S/C14H15N3OS/c1-10-7-13(16-19-10)14(18)17-6-4-12(9-17)11-3-2-5-15-8-11/h2-3,5,7-8,12H,4,6,9H2,1H3. The monoisotopic (exact) mass is 273 g/mol. The molecule has 0 radical (unpaired) electrons. The van der Waals surface area contributed by atoms with Crippen molar-refractivity contribution in [3.05, 3.63) is 46.7 Å². The molecule has 0 bridgehead atoms. The molecule has 3 heterocycles. The summed E-state index contributed by atoms with van der Waals surface area (Å²) < 4.78 is 4.20. The van der Waals surface area contributed by atoms with E-state index in [-0.39, 0.29) is 5.91 Å². The molecule has 19 heavy (non-hydrogen) atoms. The van der Waals surface area contributed by atoms with Gasteiger partial charge < -0.3 is 4.90 Å². The fraction of sp³-hybridized carbons (Fsp3) is 0.357. The fourth-order valence-electron chi connectivity index (χ4n) is 2.46. The third-order valence-corrected chi connectivity index (χ3v) is 4.17. The lowest BCUT2D eigenvalue weighted by Crippen LogP contribution is -2.28. The van der Waals surface area contributed by atoms with E-state index < -0.39 is 0 Å². The Kier molecular flexibility index (Phi) is 3.29. The quantitative estimate of drug-likeness (QED) is 0.844. The largest absolute Gasteiger partial charge is 0.337 e. The first-order chi connectivity index (χ1) is 9.24. The van der Waals surface area contributed by atoms with Crippen molar-refractivity contribution in [2.24, 2.45) is 0 Å². The Balaban J connectivity index is 1.71. The zero-order valence-corrected chi connectivity index (χ0v) is 11.6. The van der Waals surface area contributed by atoms with E-state index in [9.17, 15) is 4.79 Å². The number of carbonyl (C=O) groups excluding carboxylic acids is 1. The number of likely N-dealkylation sites (tertiary alicyclic amines) is 1. The van der Waals surface area contributed by atoms with Gasteiger partial charge in [-0.15, -0.1) is 0 Å². The molecular weight excluding hydrogens is 258 g/mol. The van der Waals surface area contributed by atoms with Gasteiger partial charge in [0.25, 0.3) is 5.91 Å². The van der Waals surface area contributed by atoms with E-state index in [0.29, 0.717) is 11.6 Å². The van der Waals surface area contributed by atoms with E-state index in [1.165, 1.54) is 17.1 Å². The maximum atomic E-state index is 12.3. The van der Waals surface area contributed by atoms with Gasteiger partial charge in [0.1, 0.15) is 5.69 Å². The molecule has 4 nitrogen and oxygen atoms in total. The molecule has 1 amide bonds. The molecule has 3 rings (SSSR count). The van der Waals surface area contributed by atoms with E-state index in [4.69, 9.17) is 0 Å². The SMILES string of the molecule is Cc1cc(C(=O)N2CCC(c3cccnc3)C2)ns1. The van der Waals surface area contributed by atoms with Crippen LogP contribution in [0.15, 0.2) is 30.6 Å². The highest BCUT2D eigenvalue weighted by molar-refractivity contribution is 7.05. The molecule has 1 fully saturated rings. The van der Waals surface area contributed by atoms with Crippen LogP contribution >= 0.6 is 11.5 Å². The van der Waals surface area contributed by atoms with Gasteiger partial charge in [0, 0.05) is 36.3 Å². The molecule has 1 saturated heterocycles. The molecule has 0 spiro atoms. The normalized spacial score (nSPS) is 18.8. The lowest BCUT2D eigenvalue weighted by Gasteiger charge is -2.15. The molecule has 0 N–H and O–H groups in total. The molecular formula is C14H15N3OS. The van der Waals surface area contributed by atoms with E-state index in [0.717, 1.165) is 24.4 Å². The van der Waals surface area contributed by atoms with Gasteiger partial charge in [-0.25, -0.2) is 0 Å². The van der Waals surface area contributed by atoms with Crippen LogP contribution in [0, 0.1) is 6.92 Å². The van der Waals surface area contributed by atoms with Crippen LogP contribution in [0.5, 0.6) is 0 Å². The maximum absolute atomic E-state index is 12.3. The van der Waals surface area contributed by atoms with Crippen molar-refractivity contribution in [3.8, 4) is 0 Å². The zero-order chi connectivity index (χ0) is 13.2. The summed E-state index contributed by atoms with van der Waals surface area (Å²) in [7, 11) is 0. The number of nitrogens with zero attached hydrogens (tertiary/aromatic N) is 3. The van der Waals surface area contributed by atoms with E-state index >= 15 is 0 Å². The van der Waals surface area contributed by atoms with Crippen LogP contribution in [0.1, 0.15) is 33.3 Å². The second kappa shape index (κ2) is 5.09. The number of aromatic nitrogens is 2. The van der Waals surface area contributed by atoms with E-state index in [1.54, 1.807) is 6.20 Å². The minimum Gasteiger partial charge on any atom is -0.337 e. The Bertz CT molecular complexity index is 581. The van der Waals surface area contributed by atoms with Crippen molar-refractivity contribution in [1.29, 1.82) is 0 Å². The van der Waals surface area contributed by atoms with Gasteiger partial charge in [-0.2, -0.15) is 4.37 Å². The Hall–Kier alpha value is -1.75. The minimum absolute atomic E-state index is 0.0516. The molecule has 5 heteroatoms. The van der Waals surface area contributed by atoms with Crippen molar-refractivity contribution in [2.75, 3.05) is 13.1 Å². The molecule has 98 valence electrons. The van der Waals surface area contributed by atoms with Gasteiger partial charge in [0.2, 0.25) is 0 Å². The molecule has 1 aliphatic heterocycles. The van der Waals surface area contributed by atoms with Gasteiger partial charge in [-0.3, -0.25) is 9.78 Å². The highest BCUT2D eigenvalue weighted by Crippen LogP contribution is 2.27. The Morgan fingerprint density at radius 3 is 3.11 bits per heavy atom. The van der Waals surface area contributed by atoms with Crippen LogP contribution in [-0.4, -0.2) is 33.3 Å². The smallest absolute Gasteiger partial charge is 0.273 e. The second-order valence-electron chi connectivity index (χ2n) is 4.85. The fourth-order valence-corrected chi connectivity index (χ4v) is 3.00. The average molecular weight is 273 g/mol. The Morgan fingerprint density at radius 2 is 2.42 bits per heavy atom. The summed E-state index contributed by atoms with van der Waals surface area (Å²) in [4.78, 5) is 19.4. The average Bonchev–Trinajstić information content (AvgIpc) is 3.08. The number of rotatable bonds is 2. The first-order valence-corrected chi connectivity index (χ1v) is 7.14. The number of pyridine rings is 1. The topological polar surface area (TPSA) is 46.1 Å². The summed E-state index contributed by atoms with van der Waals surface area (Å²) in [5.41, 5.74) is 1.79. The summed E-state index contributed by atoms with van der Waals surface area (Å²) in [6.45, 7) is 3.53. The Labute approximate surface area is 116 Å². The Morgan fingerprint density at radius 1 is 1.53 bits per heavy atom. The van der Waals surface area contributed by atoms with Crippen LogP contribution < -0.4 is 0 Å². The number of hydrogen-bond donors (Lipinski definition) is 0. The van der Waals surface area contributed by atoms with Crippen molar-refractivity contribution >= 4 is 17.4 Å². The third kappa shape index (κ3) is 2.51. The predicted octanol–water partition coefficient (Wildman–Crippen LogP) is 2.48. The van der Waals surface area contributed by atoms with Crippen molar-refractivity contribution in [1.82, 2.24) is 14.3 Å². The van der Waals surface area contributed by atoms with Gasteiger partial charge >= 0.3 is 0 Å². The summed E-state index contributed by atoms with van der Waals surface area (Å²) >= 11 is 1.38. The summed E-state index contributed by atoms with van der Waals surface area (Å²) in [6, 6.07) is 5.90. The van der Waals surface area contributed by atoms with Crippen LogP contribution in [0.3, 0.4) is 0 Å². The third-order valence-electron chi connectivity index (χ3n) is 3.48. The molecule has 1 atom stereocenters. The minimum atomic E-state index is 0.0516. The summed E-state index contributed by atoms with van der Waals surface area (Å²) in [5.74, 6) is 0.452. The number of amides is 1. The number of hydrogen-bond acceptors (Lipinski definition) is 4. The van der Waals surface area contributed by atoms with Crippen LogP contribution in [0.25, 0.3) is 0 Å². The van der Waals surface area contributed by atoms with Crippen molar-refractivity contribution in [3.63, 3.8) is 0 Å². The zero-order valence-electron chi connectivity index (χ0n) is 10.7. The first kappa shape index (κ1) is 12.3. The number of aryl methyl sites for hydroxylation is 1. The molecule has 1 aliphatic rings. The molecule has 1 unspecified atom stereocenters. The molecule has 0 saturated carbocycles. The van der Waals surface area contributed by atoms with E-state index in [2.05, 4.69) is 15.4 Å². The predicted molar refractivity (Wildman–Crippen MR) is 74.3 cm³/mol. The second-order valence-corrected chi connectivity index (χ2v) is 5.86. The van der Waals surface area contributed by atoms with Crippen LogP contribution in [0.4, 0.5) is 0 Å².